The van der Waals surface area contributed by atoms with E-state index in [2.05, 4.69) is 33.0 Å². The molecule has 2 atom stereocenters. The van der Waals surface area contributed by atoms with Crippen LogP contribution in [0.25, 0.3) is 0 Å². The standard InChI is InChI=1S/C16H31NO/c1-13(12-17-15(2,3)4)11-14-7-10-16(18-14)8-5-6-9-16/h13-14,17H,5-12H2,1-4H3. The smallest absolute Gasteiger partial charge is 0.0687 e. The van der Waals surface area contributed by atoms with Gasteiger partial charge in [-0.3, -0.25) is 0 Å². The summed E-state index contributed by atoms with van der Waals surface area (Å²) in [5.74, 6) is 0.714. The van der Waals surface area contributed by atoms with E-state index in [-0.39, 0.29) is 5.54 Å². The maximum absolute atomic E-state index is 6.38. The average molecular weight is 253 g/mol. The largest absolute Gasteiger partial charge is 0.372 e. The Morgan fingerprint density at radius 2 is 1.89 bits per heavy atom. The van der Waals surface area contributed by atoms with E-state index in [0.29, 0.717) is 17.6 Å². The highest BCUT2D eigenvalue weighted by atomic mass is 16.5. The third-order valence-corrected chi connectivity index (χ3v) is 4.50. The van der Waals surface area contributed by atoms with Gasteiger partial charge in [-0.15, -0.1) is 0 Å². The molecule has 2 nitrogen and oxygen atoms in total. The van der Waals surface area contributed by atoms with Gasteiger partial charge in [0, 0.05) is 5.54 Å². The van der Waals surface area contributed by atoms with Crippen LogP contribution in [-0.2, 0) is 4.74 Å². The third-order valence-electron chi connectivity index (χ3n) is 4.50. The Hall–Kier alpha value is -0.0800. The molecule has 1 saturated carbocycles. The minimum atomic E-state index is 0.234. The normalized spacial score (nSPS) is 29.0. The van der Waals surface area contributed by atoms with Crippen molar-refractivity contribution in [1.29, 1.82) is 0 Å². The minimum absolute atomic E-state index is 0.234. The lowest BCUT2D eigenvalue weighted by Gasteiger charge is -2.27. The van der Waals surface area contributed by atoms with Gasteiger partial charge in [0.2, 0.25) is 0 Å². The molecule has 2 aliphatic rings. The summed E-state index contributed by atoms with van der Waals surface area (Å²) in [6, 6.07) is 0. The average Bonchev–Trinajstić information content (AvgIpc) is 2.87. The molecule has 0 radical (unpaired) electrons. The van der Waals surface area contributed by atoms with Crippen LogP contribution in [0.2, 0.25) is 0 Å². The molecular weight excluding hydrogens is 222 g/mol. The zero-order valence-corrected chi connectivity index (χ0v) is 12.7. The molecule has 1 heterocycles. The number of hydrogen-bond donors (Lipinski definition) is 1. The predicted octanol–water partition coefficient (Wildman–Crippen LogP) is 3.89. The third kappa shape index (κ3) is 3.96. The molecule has 1 aliphatic heterocycles. The summed E-state index contributed by atoms with van der Waals surface area (Å²) in [4.78, 5) is 0. The van der Waals surface area contributed by atoms with Crippen molar-refractivity contribution in [2.45, 2.75) is 89.9 Å². The quantitative estimate of drug-likeness (QED) is 0.820. The minimum Gasteiger partial charge on any atom is -0.372 e. The topological polar surface area (TPSA) is 21.3 Å². The molecule has 2 fully saturated rings. The molecule has 0 bridgehead atoms. The number of rotatable bonds is 4. The van der Waals surface area contributed by atoms with Gasteiger partial charge in [-0.1, -0.05) is 19.8 Å². The highest BCUT2D eigenvalue weighted by Gasteiger charge is 2.42. The Bertz CT molecular complexity index is 263. The molecule has 1 saturated heterocycles. The van der Waals surface area contributed by atoms with Gasteiger partial charge >= 0.3 is 0 Å². The summed E-state index contributed by atoms with van der Waals surface area (Å²) in [6.07, 6.45) is 9.76. The van der Waals surface area contributed by atoms with E-state index in [4.69, 9.17) is 4.74 Å². The van der Waals surface area contributed by atoms with Gasteiger partial charge in [0.1, 0.15) is 0 Å². The number of ether oxygens (including phenoxy) is 1. The Morgan fingerprint density at radius 3 is 2.50 bits per heavy atom. The molecule has 2 heteroatoms. The van der Waals surface area contributed by atoms with Crippen molar-refractivity contribution in [2.75, 3.05) is 6.54 Å². The van der Waals surface area contributed by atoms with Crippen molar-refractivity contribution in [3.8, 4) is 0 Å². The fourth-order valence-corrected chi connectivity index (χ4v) is 3.46. The molecule has 1 aliphatic carbocycles. The van der Waals surface area contributed by atoms with E-state index in [0.717, 1.165) is 6.54 Å². The maximum atomic E-state index is 6.38. The Labute approximate surface area is 113 Å². The molecule has 0 aromatic heterocycles. The summed E-state index contributed by atoms with van der Waals surface area (Å²) in [5.41, 5.74) is 0.541. The number of hydrogen-bond acceptors (Lipinski definition) is 2. The van der Waals surface area contributed by atoms with Gasteiger partial charge in [-0.2, -0.15) is 0 Å². The molecule has 2 unspecified atom stereocenters. The van der Waals surface area contributed by atoms with E-state index in [9.17, 15) is 0 Å². The molecule has 2 rings (SSSR count). The number of nitrogens with one attached hydrogen (secondary N) is 1. The molecule has 106 valence electrons. The van der Waals surface area contributed by atoms with Crippen molar-refractivity contribution < 1.29 is 4.74 Å². The molecular formula is C16H31NO. The molecule has 0 amide bonds. The van der Waals surface area contributed by atoms with Gasteiger partial charge < -0.3 is 10.1 Å². The highest BCUT2D eigenvalue weighted by molar-refractivity contribution is 4.93. The lowest BCUT2D eigenvalue weighted by atomic mass is 9.96. The van der Waals surface area contributed by atoms with Gasteiger partial charge in [0.25, 0.3) is 0 Å². The summed E-state index contributed by atoms with van der Waals surface area (Å²) >= 11 is 0. The van der Waals surface area contributed by atoms with Crippen LogP contribution in [0.5, 0.6) is 0 Å². The fraction of sp³-hybridized carbons (Fsp3) is 1.00. The first-order valence-corrected chi connectivity index (χ1v) is 7.81. The summed E-state index contributed by atoms with van der Waals surface area (Å²) in [5, 5.41) is 3.60. The van der Waals surface area contributed by atoms with Crippen molar-refractivity contribution >= 4 is 0 Å². The first-order chi connectivity index (χ1) is 8.39. The van der Waals surface area contributed by atoms with Crippen molar-refractivity contribution in [3.05, 3.63) is 0 Å². The van der Waals surface area contributed by atoms with Crippen LogP contribution in [0.15, 0.2) is 0 Å². The van der Waals surface area contributed by atoms with Crippen LogP contribution in [0, 0.1) is 5.92 Å². The van der Waals surface area contributed by atoms with E-state index in [1.165, 1.54) is 44.9 Å². The first-order valence-electron chi connectivity index (χ1n) is 7.81. The highest BCUT2D eigenvalue weighted by Crippen LogP contribution is 2.44. The van der Waals surface area contributed by atoms with Gasteiger partial charge in [-0.05, 0) is 65.3 Å². The Morgan fingerprint density at radius 1 is 1.22 bits per heavy atom. The van der Waals surface area contributed by atoms with Gasteiger partial charge in [0.15, 0.2) is 0 Å². The zero-order valence-electron chi connectivity index (χ0n) is 12.7. The maximum Gasteiger partial charge on any atom is 0.0687 e. The van der Waals surface area contributed by atoms with Crippen molar-refractivity contribution in [1.82, 2.24) is 5.32 Å². The Kier molecular flexibility index (Phi) is 4.38. The predicted molar refractivity (Wildman–Crippen MR) is 76.8 cm³/mol. The second-order valence-corrected chi connectivity index (χ2v) is 7.64. The lowest BCUT2D eigenvalue weighted by Crippen LogP contribution is -2.39. The molecule has 0 aromatic rings. The van der Waals surface area contributed by atoms with Crippen LogP contribution in [0.3, 0.4) is 0 Å². The van der Waals surface area contributed by atoms with Gasteiger partial charge in [-0.25, -0.2) is 0 Å². The zero-order chi connectivity index (χ0) is 13.2. The fourth-order valence-electron chi connectivity index (χ4n) is 3.46. The van der Waals surface area contributed by atoms with Crippen LogP contribution < -0.4 is 5.32 Å². The molecule has 1 spiro atoms. The molecule has 0 aromatic carbocycles. The second kappa shape index (κ2) is 5.50. The monoisotopic (exact) mass is 253 g/mol. The second-order valence-electron chi connectivity index (χ2n) is 7.64. The van der Waals surface area contributed by atoms with E-state index < -0.39 is 0 Å². The lowest BCUT2D eigenvalue weighted by molar-refractivity contribution is -0.0435. The van der Waals surface area contributed by atoms with Gasteiger partial charge in [0.05, 0.1) is 11.7 Å². The van der Waals surface area contributed by atoms with Crippen LogP contribution in [0.4, 0.5) is 0 Å². The van der Waals surface area contributed by atoms with Crippen LogP contribution >= 0.6 is 0 Å². The molecule has 1 N–H and O–H groups in total. The first kappa shape index (κ1) is 14.3. The van der Waals surface area contributed by atoms with Crippen molar-refractivity contribution in [2.24, 2.45) is 5.92 Å². The molecule has 18 heavy (non-hydrogen) atoms. The van der Waals surface area contributed by atoms with E-state index in [1.807, 2.05) is 0 Å². The SMILES string of the molecule is CC(CNC(C)(C)C)CC1CCC2(CCCC2)O1. The van der Waals surface area contributed by atoms with E-state index in [1.54, 1.807) is 0 Å². The van der Waals surface area contributed by atoms with Crippen LogP contribution in [0.1, 0.15) is 72.6 Å². The Balaban J connectivity index is 1.71. The van der Waals surface area contributed by atoms with Crippen molar-refractivity contribution in [3.63, 3.8) is 0 Å². The van der Waals surface area contributed by atoms with Crippen LogP contribution in [-0.4, -0.2) is 23.8 Å². The van der Waals surface area contributed by atoms with E-state index >= 15 is 0 Å². The summed E-state index contributed by atoms with van der Waals surface area (Å²) in [7, 11) is 0. The summed E-state index contributed by atoms with van der Waals surface area (Å²) < 4.78 is 6.38. The summed E-state index contributed by atoms with van der Waals surface area (Å²) in [6.45, 7) is 10.2.